The lowest BCUT2D eigenvalue weighted by molar-refractivity contribution is -0.384. The van der Waals surface area contributed by atoms with Crippen LogP contribution in [0.2, 0.25) is 0 Å². The van der Waals surface area contributed by atoms with E-state index in [-0.39, 0.29) is 18.0 Å². The minimum Gasteiger partial charge on any atom is -0.366 e. The highest BCUT2D eigenvalue weighted by molar-refractivity contribution is 6.20. The van der Waals surface area contributed by atoms with Crippen molar-refractivity contribution in [2.45, 2.75) is 24.8 Å². The Kier molecular flexibility index (Phi) is 3.89. The number of nitrogens with zero attached hydrogens (tertiary/aromatic N) is 2. The lowest BCUT2D eigenvalue weighted by Crippen LogP contribution is -2.70. The van der Waals surface area contributed by atoms with Crippen LogP contribution in [-0.2, 0) is 16.0 Å². The number of carbonyl (C=O) groups is 3. The SMILES string of the molecule is O=C1NC(=O)C2(Cc3cc([N+](=O)[O-])ccc3N3C[C@@H](c4ccccc4)C[C@H]32)C(=O)N1. The highest BCUT2D eigenvalue weighted by Gasteiger charge is 2.62. The van der Waals surface area contributed by atoms with Gasteiger partial charge in [0.15, 0.2) is 5.41 Å². The van der Waals surface area contributed by atoms with Crippen molar-refractivity contribution in [1.29, 1.82) is 0 Å². The van der Waals surface area contributed by atoms with Crippen molar-refractivity contribution < 1.29 is 19.3 Å². The Labute approximate surface area is 171 Å². The molecule has 0 aliphatic carbocycles. The number of benzene rings is 2. The highest BCUT2D eigenvalue weighted by Crippen LogP contribution is 2.50. The number of amides is 4. The van der Waals surface area contributed by atoms with Crippen molar-refractivity contribution in [3.05, 3.63) is 69.8 Å². The highest BCUT2D eigenvalue weighted by atomic mass is 16.6. The first-order valence-corrected chi connectivity index (χ1v) is 9.66. The third-order valence-corrected chi connectivity index (χ3v) is 6.46. The van der Waals surface area contributed by atoms with Gasteiger partial charge in [-0.25, -0.2) is 4.79 Å². The fourth-order valence-electron chi connectivity index (χ4n) is 5.09. The zero-order chi connectivity index (χ0) is 21.0. The monoisotopic (exact) mass is 406 g/mol. The number of nitro benzene ring substituents is 1. The molecule has 30 heavy (non-hydrogen) atoms. The van der Waals surface area contributed by atoms with Gasteiger partial charge < -0.3 is 4.90 Å². The average molecular weight is 406 g/mol. The molecule has 2 aromatic rings. The normalized spacial score (nSPS) is 24.1. The summed E-state index contributed by atoms with van der Waals surface area (Å²) in [4.78, 5) is 50.6. The standard InChI is InChI=1S/C21H18N4O5/c26-18-21(19(27)23-20(28)22-18)10-13-8-15(25(29)30)6-7-16(13)24-11-14(9-17(21)24)12-4-2-1-3-5-12/h1-8,14,17H,9-11H2,(H2,22,23,26,27,28)/t14-,17-/m0/s1. The second-order valence-electron chi connectivity index (χ2n) is 7.97. The third kappa shape index (κ3) is 2.51. The summed E-state index contributed by atoms with van der Waals surface area (Å²) >= 11 is 0. The minimum absolute atomic E-state index is 0.00234. The first kappa shape index (κ1) is 18.3. The van der Waals surface area contributed by atoms with Crippen LogP contribution in [0.4, 0.5) is 16.2 Å². The molecule has 2 saturated heterocycles. The predicted molar refractivity (Wildman–Crippen MR) is 106 cm³/mol. The predicted octanol–water partition coefficient (Wildman–Crippen LogP) is 1.87. The number of barbiturate groups is 1. The largest absolute Gasteiger partial charge is 0.366 e. The molecular formula is C21H18N4O5. The summed E-state index contributed by atoms with van der Waals surface area (Å²) in [5.74, 6) is -1.23. The lowest BCUT2D eigenvalue weighted by Gasteiger charge is -2.47. The van der Waals surface area contributed by atoms with Crippen molar-refractivity contribution >= 4 is 29.2 Å². The number of hydrogen-bond donors (Lipinski definition) is 2. The van der Waals surface area contributed by atoms with E-state index >= 15 is 0 Å². The molecule has 9 heteroatoms. The number of hydrogen-bond acceptors (Lipinski definition) is 6. The maximum Gasteiger partial charge on any atom is 0.328 e. The molecule has 0 unspecified atom stereocenters. The van der Waals surface area contributed by atoms with Gasteiger partial charge in [0, 0.05) is 36.7 Å². The Hall–Kier alpha value is -3.75. The molecule has 0 bridgehead atoms. The number of imide groups is 2. The van der Waals surface area contributed by atoms with Gasteiger partial charge in [-0.3, -0.25) is 30.3 Å². The van der Waals surface area contributed by atoms with Gasteiger partial charge >= 0.3 is 6.03 Å². The summed E-state index contributed by atoms with van der Waals surface area (Å²) in [6.07, 6.45) is 0.549. The molecule has 2 fully saturated rings. The van der Waals surface area contributed by atoms with E-state index in [0.29, 0.717) is 18.5 Å². The van der Waals surface area contributed by atoms with E-state index in [1.165, 1.54) is 12.1 Å². The van der Waals surface area contributed by atoms with Crippen LogP contribution in [0.15, 0.2) is 48.5 Å². The second kappa shape index (κ2) is 6.38. The zero-order valence-corrected chi connectivity index (χ0v) is 15.8. The first-order valence-electron chi connectivity index (χ1n) is 9.66. The van der Waals surface area contributed by atoms with Crippen LogP contribution in [0, 0.1) is 15.5 Å². The quantitative estimate of drug-likeness (QED) is 0.446. The van der Waals surface area contributed by atoms with E-state index in [9.17, 15) is 24.5 Å². The number of anilines is 1. The molecule has 0 saturated carbocycles. The summed E-state index contributed by atoms with van der Waals surface area (Å²) in [6, 6.07) is 13.1. The fourth-order valence-corrected chi connectivity index (χ4v) is 5.09. The molecule has 0 aromatic heterocycles. The molecule has 2 N–H and O–H groups in total. The van der Waals surface area contributed by atoms with Gasteiger partial charge in [0.25, 0.3) is 5.69 Å². The van der Waals surface area contributed by atoms with Gasteiger partial charge in [-0.15, -0.1) is 0 Å². The van der Waals surface area contributed by atoms with Gasteiger partial charge in [-0.1, -0.05) is 30.3 Å². The summed E-state index contributed by atoms with van der Waals surface area (Å²) < 4.78 is 0. The molecule has 3 heterocycles. The zero-order valence-electron chi connectivity index (χ0n) is 15.8. The summed E-state index contributed by atoms with van der Waals surface area (Å²) in [5, 5.41) is 15.8. The van der Waals surface area contributed by atoms with Crippen molar-refractivity contribution in [3.63, 3.8) is 0 Å². The maximum absolute atomic E-state index is 13.1. The van der Waals surface area contributed by atoms with Crippen LogP contribution < -0.4 is 15.5 Å². The molecule has 9 nitrogen and oxygen atoms in total. The van der Waals surface area contributed by atoms with Crippen LogP contribution in [-0.4, -0.2) is 35.4 Å². The van der Waals surface area contributed by atoms with E-state index in [1.54, 1.807) is 6.07 Å². The molecule has 3 aliphatic rings. The van der Waals surface area contributed by atoms with E-state index in [1.807, 2.05) is 35.2 Å². The van der Waals surface area contributed by atoms with Crippen LogP contribution >= 0.6 is 0 Å². The number of nitro groups is 1. The Morgan fingerprint density at radius 1 is 1.03 bits per heavy atom. The van der Waals surface area contributed by atoms with Gasteiger partial charge in [-0.05, 0) is 23.6 Å². The van der Waals surface area contributed by atoms with E-state index in [2.05, 4.69) is 10.6 Å². The Bertz CT molecular complexity index is 1080. The summed E-state index contributed by atoms with van der Waals surface area (Å²) in [7, 11) is 0. The van der Waals surface area contributed by atoms with Crippen LogP contribution in [0.3, 0.4) is 0 Å². The van der Waals surface area contributed by atoms with Crippen molar-refractivity contribution in [3.8, 4) is 0 Å². The van der Waals surface area contributed by atoms with Crippen LogP contribution in [0.1, 0.15) is 23.5 Å². The van der Waals surface area contributed by atoms with Gasteiger partial charge in [0.05, 0.1) is 11.0 Å². The average Bonchev–Trinajstić information content (AvgIpc) is 3.18. The van der Waals surface area contributed by atoms with Crippen LogP contribution in [0.25, 0.3) is 0 Å². The van der Waals surface area contributed by atoms with Crippen LogP contribution in [0.5, 0.6) is 0 Å². The first-order chi connectivity index (χ1) is 14.4. The second-order valence-corrected chi connectivity index (χ2v) is 7.97. The number of urea groups is 1. The molecule has 5 rings (SSSR count). The Balaban J connectivity index is 1.65. The van der Waals surface area contributed by atoms with Gasteiger partial charge in [-0.2, -0.15) is 0 Å². The molecule has 2 aromatic carbocycles. The van der Waals surface area contributed by atoms with Crippen molar-refractivity contribution in [2.75, 3.05) is 11.4 Å². The third-order valence-electron chi connectivity index (χ3n) is 6.46. The summed E-state index contributed by atoms with van der Waals surface area (Å²) in [6.45, 7) is 0.565. The van der Waals surface area contributed by atoms with E-state index in [0.717, 1.165) is 11.3 Å². The Morgan fingerprint density at radius 2 is 1.73 bits per heavy atom. The number of rotatable bonds is 2. The van der Waals surface area contributed by atoms with Gasteiger partial charge in [0.2, 0.25) is 11.8 Å². The Morgan fingerprint density at radius 3 is 2.40 bits per heavy atom. The number of carbonyl (C=O) groups excluding carboxylic acids is 3. The molecule has 1 spiro atoms. The molecule has 152 valence electrons. The molecular weight excluding hydrogens is 388 g/mol. The number of non-ortho nitro benzene ring substituents is 1. The number of nitrogens with one attached hydrogen (secondary N) is 2. The minimum atomic E-state index is -1.53. The van der Waals surface area contributed by atoms with Crippen molar-refractivity contribution in [1.82, 2.24) is 10.6 Å². The van der Waals surface area contributed by atoms with Gasteiger partial charge in [0.1, 0.15) is 0 Å². The topological polar surface area (TPSA) is 122 Å². The molecule has 3 aliphatic heterocycles. The lowest BCUT2D eigenvalue weighted by atomic mass is 9.68. The smallest absolute Gasteiger partial charge is 0.328 e. The maximum atomic E-state index is 13.1. The summed E-state index contributed by atoms with van der Waals surface area (Å²) in [5.41, 5.74) is 0.799. The fraction of sp³-hybridized carbons (Fsp3) is 0.286. The molecule has 4 amide bonds. The molecule has 0 radical (unpaired) electrons. The van der Waals surface area contributed by atoms with E-state index < -0.39 is 34.2 Å². The van der Waals surface area contributed by atoms with E-state index in [4.69, 9.17) is 0 Å². The van der Waals surface area contributed by atoms with Crippen molar-refractivity contribution in [2.24, 2.45) is 5.41 Å². The number of fused-ring (bicyclic) bond motifs is 4. The molecule has 2 atom stereocenters.